The smallest absolute Gasteiger partial charge is 0.0386 e. The van der Waals surface area contributed by atoms with E-state index in [4.69, 9.17) is 0 Å². The van der Waals surface area contributed by atoms with Crippen LogP contribution in [0, 0.1) is 0 Å². The number of hydrogen-bond donors (Lipinski definition) is 1. The Morgan fingerprint density at radius 3 is 2.50 bits per heavy atom. The van der Waals surface area contributed by atoms with Crippen molar-refractivity contribution < 1.29 is 0 Å². The van der Waals surface area contributed by atoms with E-state index in [0.717, 1.165) is 37.1 Å². The fourth-order valence-electron chi connectivity index (χ4n) is 2.47. The van der Waals surface area contributed by atoms with Crippen molar-refractivity contribution in [3.8, 4) is 0 Å². The number of nitrogens with zero attached hydrogens (tertiary/aromatic N) is 1. The summed E-state index contributed by atoms with van der Waals surface area (Å²) in [6.07, 6.45) is 1.04. The molecular weight excluding hydrogens is 288 g/mol. The Labute approximate surface area is 118 Å². The van der Waals surface area contributed by atoms with Gasteiger partial charge in [0.2, 0.25) is 0 Å². The van der Waals surface area contributed by atoms with Crippen molar-refractivity contribution in [2.75, 3.05) is 26.2 Å². The van der Waals surface area contributed by atoms with E-state index in [2.05, 4.69) is 63.9 Å². The third-order valence-corrected chi connectivity index (χ3v) is 3.92. The summed E-state index contributed by atoms with van der Waals surface area (Å²) in [5.74, 6) is 0. The van der Waals surface area contributed by atoms with E-state index in [0.29, 0.717) is 6.04 Å². The van der Waals surface area contributed by atoms with Gasteiger partial charge in [-0.2, -0.15) is 0 Å². The van der Waals surface area contributed by atoms with E-state index < -0.39 is 0 Å². The molecule has 1 N–H and O–H groups in total. The maximum absolute atomic E-state index is 4.08. The number of hydrogen-bond acceptors (Lipinski definition) is 2. The molecule has 1 aromatic carbocycles. The normalized spacial score (nSPS) is 18.6. The maximum atomic E-state index is 4.08. The van der Waals surface area contributed by atoms with Crippen LogP contribution < -0.4 is 5.32 Å². The number of nitrogens with one attached hydrogen (secondary N) is 1. The molecule has 1 atom stereocenters. The topological polar surface area (TPSA) is 15.3 Å². The summed E-state index contributed by atoms with van der Waals surface area (Å²) in [5, 5.41) is 3.41. The van der Waals surface area contributed by atoms with Crippen LogP contribution in [0.4, 0.5) is 0 Å². The zero-order valence-electron chi connectivity index (χ0n) is 11.0. The zero-order valence-corrected chi connectivity index (χ0v) is 12.5. The molecule has 0 aromatic heterocycles. The highest BCUT2D eigenvalue weighted by atomic mass is 79.9. The maximum Gasteiger partial charge on any atom is 0.0386 e. The largest absolute Gasteiger partial charge is 0.314 e. The van der Waals surface area contributed by atoms with Crippen molar-refractivity contribution in [2.24, 2.45) is 0 Å². The van der Waals surface area contributed by atoms with Gasteiger partial charge in [-0.05, 0) is 31.0 Å². The van der Waals surface area contributed by atoms with Crippen LogP contribution in [0.5, 0.6) is 0 Å². The molecule has 1 aliphatic heterocycles. The van der Waals surface area contributed by atoms with Gasteiger partial charge in [-0.1, -0.05) is 33.6 Å². The summed E-state index contributed by atoms with van der Waals surface area (Å²) in [4.78, 5) is 2.56. The molecule has 18 heavy (non-hydrogen) atoms. The summed E-state index contributed by atoms with van der Waals surface area (Å²) in [6, 6.07) is 9.17. The van der Waals surface area contributed by atoms with Gasteiger partial charge in [-0.25, -0.2) is 0 Å². The van der Waals surface area contributed by atoms with Gasteiger partial charge in [-0.15, -0.1) is 6.58 Å². The summed E-state index contributed by atoms with van der Waals surface area (Å²) in [5.41, 5.74) is 2.64. The Hall–Kier alpha value is -0.640. The van der Waals surface area contributed by atoms with Crippen molar-refractivity contribution >= 4 is 15.9 Å². The molecule has 0 spiro atoms. The predicted molar refractivity (Wildman–Crippen MR) is 80.8 cm³/mol. The first-order valence-corrected chi connectivity index (χ1v) is 7.31. The van der Waals surface area contributed by atoms with Crippen LogP contribution >= 0.6 is 15.9 Å². The third kappa shape index (κ3) is 3.67. The third-order valence-electron chi connectivity index (χ3n) is 3.39. The van der Waals surface area contributed by atoms with E-state index in [1.807, 2.05) is 0 Å². The fourth-order valence-corrected chi connectivity index (χ4v) is 2.73. The van der Waals surface area contributed by atoms with Crippen LogP contribution in [0.15, 0.2) is 40.9 Å². The minimum Gasteiger partial charge on any atom is -0.314 e. The summed E-state index contributed by atoms with van der Waals surface area (Å²) < 4.78 is 1.14. The molecule has 1 heterocycles. The van der Waals surface area contributed by atoms with Crippen molar-refractivity contribution in [3.63, 3.8) is 0 Å². The predicted octanol–water partition coefficient (Wildman–Crippen LogP) is 3.36. The first-order valence-electron chi connectivity index (χ1n) is 6.51. The first-order chi connectivity index (χ1) is 8.66. The van der Waals surface area contributed by atoms with E-state index in [1.54, 1.807) is 0 Å². The van der Waals surface area contributed by atoms with Gasteiger partial charge in [0.05, 0.1) is 0 Å². The van der Waals surface area contributed by atoms with Gasteiger partial charge in [0.1, 0.15) is 0 Å². The van der Waals surface area contributed by atoms with Crippen molar-refractivity contribution in [1.29, 1.82) is 0 Å². The number of rotatable bonds is 4. The number of piperazine rings is 1. The van der Waals surface area contributed by atoms with E-state index in [1.165, 1.54) is 11.1 Å². The summed E-state index contributed by atoms with van der Waals surface area (Å²) in [6.45, 7) is 10.6. The molecule has 0 saturated carbocycles. The number of halogens is 1. The van der Waals surface area contributed by atoms with Crippen LogP contribution in [0.1, 0.15) is 24.9 Å². The Bertz CT molecular complexity index is 393. The first kappa shape index (κ1) is 13.8. The lowest BCUT2D eigenvalue weighted by Gasteiger charge is -2.35. The van der Waals surface area contributed by atoms with Crippen molar-refractivity contribution in [1.82, 2.24) is 10.2 Å². The lowest BCUT2D eigenvalue weighted by atomic mass is 9.98. The molecule has 98 valence electrons. The minimum absolute atomic E-state index is 0.470. The average Bonchev–Trinajstić information content (AvgIpc) is 2.38. The second-order valence-electron chi connectivity index (χ2n) is 5.01. The van der Waals surface area contributed by atoms with Crippen LogP contribution in [0.25, 0.3) is 0 Å². The lowest BCUT2D eigenvalue weighted by molar-refractivity contribution is 0.172. The molecule has 0 aliphatic carbocycles. The molecule has 0 radical (unpaired) electrons. The molecule has 0 bridgehead atoms. The Morgan fingerprint density at radius 2 is 1.94 bits per heavy atom. The highest BCUT2D eigenvalue weighted by molar-refractivity contribution is 9.10. The number of benzene rings is 1. The van der Waals surface area contributed by atoms with Gasteiger partial charge in [0, 0.05) is 36.7 Å². The van der Waals surface area contributed by atoms with Gasteiger partial charge in [0.25, 0.3) is 0 Å². The van der Waals surface area contributed by atoms with Crippen LogP contribution in [0.3, 0.4) is 0 Å². The van der Waals surface area contributed by atoms with Crippen LogP contribution in [0.2, 0.25) is 0 Å². The summed E-state index contributed by atoms with van der Waals surface area (Å²) in [7, 11) is 0. The van der Waals surface area contributed by atoms with Crippen molar-refractivity contribution in [3.05, 3.63) is 46.5 Å². The molecule has 2 nitrogen and oxygen atoms in total. The van der Waals surface area contributed by atoms with E-state index in [-0.39, 0.29) is 0 Å². The van der Waals surface area contributed by atoms with Gasteiger partial charge < -0.3 is 5.32 Å². The molecule has 0 amide bonds. The molecule has 1 saturated heterocycles. The zero-order chi connectivity index (χ0) is 13.0. The molecule has 1 aliphatic rings. The second kappa shape index (κ2) is 6.50. The quantitative estimate of drug-likeness (QED) is 0.858. The van der Waals surface area contributed by atoms with Gasteiger partial charge >= 0.3 is 0 Å². The molecule has 2 rings (SSSR count). The molecule has 1 aromatic rings. The lowest BCUT2D eigenvalue weighted by Crippen LogP contribution is -2.45. The van der Waals surface area contributed by atoms with Crippen molar-refractivity contribution in [2.45, 2.75) is 19.4 Å². The average molecular weight is 309 g/mol. The minimum atomic E-state index is 0.470. The standard InChI is InChI=1S/C15H21BrN2/c1-12(2)11-15(18-9-7-17-8-10-18)13-3-5-14(16)6-4-13/h3-6,15,17H,1,7-11H2,2H3/t15-/m1/s1. The van der Waals surface area contributed by atoms with Crippen LogP contribution in [-0.2, 0) is 0 Å². The molecular formula is C15H21BrN2. The second-order valence-corrected chi connectivity index (χ2v) is 5.93. The Kier molecular flexibility index (Phi) is 4.98. The highest BCUT2D eigenvalue weighted by Crippen LogP contribution is 2.28. The fraction of sp³-hybridized carbons (Fsp3) is 0.467. The SMILES string of the molecule is C=C(C)C[C@H](c1ccc(Br)cc1)N1CCNCC1. The highest BCUT2D eigenvalue weighted by Gasteiger charge is 2.21. The summed E-state index contributed by atoms with van der Waals surface area (Å²) >= 11 is 3.50. The van der Waals surface area contributed by atoms with Crippen LogP contribution in [-0.4, -0.2) is 31.1 Å². The van der Waals surface area contributed by atoms with E-state index in [9.17, 15) is 0 Å². The Morgan fingerprint density at radius 1 is 1.33 bits per heavy atom. The van der Waals surface area contributed by atoms with E-state index >= 15 is 0 Å². The van der Waals surface area contributed by atoms with Gasteiger partial charge in [-0.3, -0.25) is 4.90 Å². The Balaban J connectivity index is 2.17. The molecule has 3 heteroatoms. The van der Waals surface area contributed by atoms with Gasteiger partial charge in [0.15, 0.2) is 0 Å². The monoisotopic (exact) mass is 308 g/mol. The molecule has 0 unspecified atom stereocenters. The molecule has 1 fully saturated rings.